The van der Waals surface area contributed by atoms with Crippen molar-refractivity contribution in [1.82, 2.24) is 29.9 Å². The third kappa shape index (κ3) is 28.9. The smallest absolute Gasteiger partial charge is 0.0163 e. The van der Waals surface area contributed by atoms with E-state index in [1.54, 1.807) is 12.4 Å². The quantitative estimate of drug-likeness (QED) is 0.107. The molecule has 589 valence electrons. The van der Waals surface area contributed by atoms with Gasteiger partial charge in [-0.1, -0.05) is 230 Å². The number of pyridine rings is 6. The Kier molecular flexibility index (Phi) is 39.9. The predicted octanol–water partition coefficient (Wildman–Crippen LogP) is 26.7. The van der Waals surface area contributed by atoms with Gasteiger partial charge in [-0.25, -0.2) is 0 Å². The Bertz CT molecular complexity index is 5270. The molecule has 0 bridgehead atoms. The average molecular weight is 2390 g/mol. The maximum Gasteiger partial charge on any atom is 0.0163 e. The van der Waals surface area contributed by atoms with Crippen LogP contribution in [0.15, 0.2) is 353 Å². The third-order valence-corrected chi connectivity index (χ3v) is 18.2. The fraction of sp³-hybridized carbons (Fsp3) is 0.135. The molecular formula is C104H92Ir5N6-6. The second-order valence-corrected chi connectivity index (χ2v) is 28.3. The van der Waals surface area contributed by atoms with Crippen LogP contribution in [0, 0.1) is 50.2 Å². The molecule has 0 amide bonds. The van der Waals surface area contributed by atoms with E-state index in [1.165, 1.54) is 77.9 Å². The van der Waals surface area contributed by atoms with Crippen molar-refractivity contribution in [3.63, 3.8) is 0 Å². The number of benzene rings is 10. The summed E-state index contributed by atoms with van der Waals surface area (Å²) in [4.78, 5) is 26.3. The van der Waals surface area contributed by atoms with Crippen LogP contribution in [0.5, 0.6) is 0 Å². The van der Waals surface area contributed by atoms with Gasteiger partial charge in [-0.3, -0.25) is 0 Å². The Hall–Kier alpha value is -9.65. The number of aryl methyl sites for hydroxylation is 3. The molecule has 0 unspecified atom stereocenters. The molecule has 115 heavy (non-hydrogen) atoms. The van der Waals surface area contributed by atoms with Crippen LogP contribution in [-0.4, -0.2) is 29.9 Å². The van der Waals surface area contributed by atoms with E-state index in [4.69, 9.17) is 0 Å². The number of hydrogen-bond acceptors (Lipinski definition) is 6. The zero-order chi connectivity index (χ0) is 76.9. The summed E-state index contributed by atoms with van der Waals surface area (Å²) < 4.78 is 0. The first-order valence-corrected chi connectivity index (χ1v) is 37.5. The first-order chi connectivity index (χ1) is 53.6. The van der Waals surface area contributed by atoms with Gasteiger partial charge in [0, 0.05) is 138 Å². The standard InChI is InChI=1S/C23H24N.C21H20N.2C19H16N.2C11H8N.5Ir/c1-16(2)20-13-21(17(3)4)15-22(14-20)18-8-7-9-19(12-18)23-10-5-6-11-24-23;1-21(2,3)19-12-13-22-20(15-19)18-11-7-10-17(14-18)16-8-5-4-6-9-16;1-14-10-15(2)12-18(11-14)16-6-5-7-17(13-16)19-8-3-4-9-20-19;1-2-15-11-12-20-19(13-15)18-10-6-9-17(14-18)16-7-4-3-5-8-16;2*1-2-6-10(7-3-1)11-8-4-5-9-12-11;;;;;/h5-8,10-17H,1-4H3;4-10,12-15H,1-3H3;3-6,8-13H,1-2H3;3-9,11-14H,2H2,1H3;2*1-6,8-9H;;;;;/q6*-1;;;;;. The van der Waals surface area contributed by atoms with Crippen LogP contribution in [0.3, 0.4) is 0 Å². The van der Waals surface area contributed by atoms with Gasteiger partial charge in [-0.05, 0) is 147 Å². The Morgan fingerprint density at radius 1 is 0.261 bits per heavy atom. The van der Waals surface area contributed by atoms with Crippen LogP contribution in [0.2, 0.25) is 0 Å². The van der Waals surface area contributed by atoms with Gasteiger partial charge in [-0.2, -0.15) is 0 Å². The minimum absolute atomic E-state index is 0. The van der Waals surface area contributed by atoms with Crippen LogP contribution >= 0.6 is 0 Å². The molecule has 0 atom stereocenters. The fourth-order valence-corrected chi connectivity index (χ4v) is 12.2. The second kappa shape index (κ2) is 48.7. The SMILES string of the molecule is CC(C)(C)c1ccnc(-c2[c-]ccc(-c3ccccc3)c2)c1.CC(C)c1cc(-c2cc[c-]c(-c3ccccn3)c2)cc(C(C)C)c1.CCc1ccnc(-c2[c-]ccc(-c3ccccc3)c2)c1.Cc1cc(C)cc(-c2cc[c-]c(-c3ccccn3)c2)c1.[Ir].[Ir].[Ir].[Ir].[Ir].[c-]1ccccc1-c1ccccn1.[c-]1ccccc1-c1ccccn1. The largest absolute Gasteiger partial charge is 0.305 e. The van der Waals surface area contributed by atoms with Crippen molar-refractivity contribution >= 4 is 0 Å². The Morgan fingerprint density at radius 2 is 0.583 bits per heavy atom. The van der Waals surface area contributed by atoms with Crippen LogP contribution in [0.25, 0.3) is 112 Å². The van der Waals surface area contributed by atoms with Gasteiger partial charge in [0.25, 0.3) is 0 Å². The van der Waals surface area contributed by atoms with E-state index in [0.717, 1.165) is 74.0 Å². The van der Waals surface area contributed by atoms with E-state index in [2.05, 4.69) is 293 Å². The summed E-state index contributed by atoms with van der Waals surface area (Å²) in [5.74, 6) is 1.04. The topological polar surface area (TPSA) is 77.3 Å². The molecular weight excluding hydrogens is 2290 g/mol. The van der Waals surface area contributed by atoms with Gasteiger partial charge in [0.05, 0.1) is 0 Å². The van der Waals surface area contributed by atoms with Gasteiger partial charge < -0.3 is 29.9 Å². The molecule has 0 spiro atoms. The summed E-state index contributed by atoms with van der Waals surface area (Å²) in [6.45, 7) is 22.1. The molecule has 5 radical (unpaired) electrons. The molecule has 16 aromatic rings. The van der Waals surface area contributed by atoms with Crippen molar-refractivity contribution in [3.8, 4) is 112 Å². The van der Waals surface area contributed by atoms with Crippen molar-refractivity contribution in [2.24, 2.45) is 0 Å². The molecule has 0 fully saturated rings. The molecule has 0 saturated heterocycles. The fourth-order valence-electron chi connectivity index (χ4n) is 12.2. The number of nitrogens with zero attached hydrogens (tertiary/aromatic N) is 6. The first kappa shape index (κ1) is 94.2. The summed E-state index contributed by atoms with van der Waals surface area (Å²) in [7, 11) is 0. The maximum atomic E-state index is 4.53. The summed E-state index contributed by atoms with van der Waals surface area (Å²) in [6.07, 6.45) is 12.0. The first-order valence-electron chi connectivity index (χ1n) is 37.5. The molecule has 11 heteroatoms. The van der Waals surface area contributed by atoms with Crippen LogP contribution in [0.4, 0.5) is 0 Å². The Labute approximate surface area is 750 Å². The van der Waals surface area contributed by atoms with E-state index in [1.807, 2.05) is 183 Å². The maximum absolute atomic E-state index is 4.53. The van der Waals surface area contributed by atoms with Crippen LogP contribution in [-0.2, 0) is 112 Å². The Morgan fingerprint density at radius 3 is 0.930 bits per heavy atom. The molecule has 0 aliphatic carbocycles. The Balaban J connectivity index is 0.000000216. The summed E-state index contributed by atoms with van der Waals surface area (Å²) >= 11 is 0. The molecule has 6 heterocycles. The minimum Gasteiger partial charge on any atom is -0.305 e. The van der Waals surface area contributed by atoms with Crippen molar-refractivity contribution in [1.29, 1.82) is 0 Å². The zero-order valence-electron chi connectivity index (χ0n) is 66.2. The molecule has 0 aliphatic rings. The number of hydrogen-bond donors (Lipinski definition) is 0. The van der Waals surface area contributed by atoms with Crippen molar-refractivity contribution in [2.45, 2.75) is 92.9 Å². The van der Waals surface area contributed by atoms with Gasteiger partial charge in [0.2, 0.25) is 0 Å². The van der Waals surface area contributed by atoms with Crippen molar-refractivity contribution in [3.05, 3.63) is 422 Å². The van der Waals surface area contributed by atoms with Crippen molar-refractivity contribution in [2.75, 3.05) is 0 Å². The molecule has 16 rings (SSSR count). The molecule has 10 aromatic carbocycles. The van der Waals surface area contributed by atoms with Crippen molar-refractivity contribution < 1.29 is 101 Å². The van der Waals surface area contributed by atoms with Gasteiger partial charge in [-0.15, -0.1) is 213 Å². The summed E-state index contributed by atoms with van der Waals surface area (Å²) in [5, 5.41) is 0. The van der Waals surface area contributed by atoms with Gasteiger partial charge in [0.1, 0.15) is 0 Å². The van der Waals surface area contributed by atoms with Crippen LogP contribution in [0.1, 0.15) is 101 Å². The zero-order valence-corrected chi connectivity index (χ0v) is 78.2. The van der Waals surface area contributed by atoms with E-state index < -0.39 is 0 Å². The minimum atomic E-state index is 0. The molecule has 6 aromatic heterocycles. The normalized spacial score (nSPS) is 10.2. The van der Waals surface area contributed by atoms with E-state index in [9.17, 15) is 0 Å². The van der Waals surface area contributed by atoms with Gasteiger partial charge >= 0.3 is 0 Å². The summed E-state index contributed by atoms with van der Waals surface area (Å²) in [6, 6.07) is 127. The van der Waals surface area contributed by atoms with Crippen LogP contribution < -0.4 is 0 Å². The molecule has 0 aliphatic heterocycles. The average Bonchev–Trinajstić information content (AvgIpc) is 0.817. The molecule has 6 nitrogen and oxygen atoms in total. The second-order valence-electron chi connectivity index (χ2n) is 28.3. The summed E-state index contributed by atoms with van der Waals surface area (Å²) in [5.41, 5.74) is 29.9. The monoisotopic (exact) mass is 2390 g/mol. The van der Waals surface area contributed by atoms with E-state index in [0.29, 0.717) is 11.8 Å². The number of rotatable bonds is 13. The van der Waals surface area contributed by atoms with Gasteiger partial charge in [0.15, 0.2) is 0 Å². The molecule has 0 saturated carbocycles. The third-order valence-electron chi connectivity index (χ3n) is 18.2. The predicted molar refractivity (Wildman–Crippen MR) is 459 cm³/mol. The van der Waals surface area contributed by atoms with E-state index in [-0.39, 0.29) is 106 Å². The molecule has 0 N–H and O–H groups in total. The van der Waals surface area contributed by atoms with E-state index >= 15 is 0 Å². The number of aromatic nitrogens is 6.